The molecule has 0 aliphatic rings. The third kappa shape index (κ3) is 2.50. The molecule has 0 atom stereocenters. The van der Waals surface area contributed by atoms with E-state index in [0.29, 0.717) is 10.5 Å². The number of fused-ring (bicyclic) bond motifs is 1. The van der Waals surface area contributed by atoms with E-state index in [4.69, 9.17) is 0 Å². The summed E-state index contributed by atoms with van der Waals surface area (Å²) in [6, 6.07) is 8.07. The molecule has 5 nitrogen and oxygen atoms in total. The lowest BCUT2D eigenvalue weighted by Crippen LogP contribution is -2.16. The molecule has 0 unspecified atom stereocenters. The molecule has 114 valence electrons. The molecule has 22 heavy (non-hydrogen) atoms. The van der Waals surface area contributed by atoms with Crippen LogP contribution in [-0.2, 0) is 7.05 Å². The predicted molar refractivity (Wildman–Crippen MR) is 88.0 cm³/mol. The van der Waals surface area contributed by atoms with Crippen LogP contribution in [0.2, 0.25) is 0 Å². The van der Waals surface area contributed by atoms with Gasteiger partial charge < -0.3 is 4.57 Å². The number of rotatable bonds is 2. The van der Waals surface area contributed by atoms with Crippen LogP contribution in [0.3, 0.4) is 0 Å². The highest BCUT2D eigenvalue weighted by atomic mass is 32.1. The molecule has 0 aliphatic heterocycles. The number of hydrogen-bond acceptors (Lipinski definition) is 3. The number of carbonyl (C=O) groups excluding carboxylic acids is 1. The summed E-state index contributed by atoms with van der Waals surface area (Å²) in [6.45, 7) is 6.04. The van der Waals surface area contributed by atoms with Crippen LogP contribution in [0.5, 0.6) is 0 Å². The molecule has 3 aromatic rings. The van der Waals surface area contributed by atoms with E-state index < -0.39 is 0 Å². The summed E-state index contributed by atoms with van der Waals surface area (Å²) < 4.78 is 4.78. The normalized spacial score (nSPS) is 12.5. The number of carbonyl (C=O) groups is 1. The number of nitrogens with zero attached hydrogens (tertiary/aromatic N) is 4. The van der Waals surface area contributed by atoms with Crippen LogP contribution in [0.25, 0.3) is 10.2 Å². The molecule has 6 heteroatoms. The van der Waals surface area contributed by atoms with Crippen LogP contribution < -0.4 is 4.80 Å². The zero-order chi connectivity index (χ0) is 15.9. The zero-order valence-corrected chi connectivity index (χ0v) is 13.9. The maximum Gasteiger partial charge on any atom is 0.297 e. The first-order valence-electron chi connectivity index (χ1n) is 7.16. The maximum atomic E-state index is 12.5. The summed E-state index contributed by atoms with van der Waals surface area (Å²) in [6.07, 6.45) is 1.64. The predicted octanol–water partition coefficient (Wildman–Crippen LogP) is 3.07. The van der Waals surface area contributed by atoms with Gasteiger partial charge in [0.1, 0.15) is 5.69 Å². The number of hydrogen-bond donors (Lipinski definition) is 0. The second kappa shape index (κ2) is 5.53. The van der Waals surface area contributed by atoms with Gasteiger partial charge in [-0.3, -0.25) is 9.48 Å². The summed E-state index contributed by atoms with van der Waals surface area (Å²) in [5.41, 5.74) is 2.80. The van der Waals surface area contributed by atoms with Crippen molar-refractivity contribution in [3.63, 3.8) is 0 Å². The Kier molecular flexibility index (Phi) is 3.70. The van der Waals surface area contributed by atoms with Gasteiger partial charge in [-0.25, -0.2) is 0 Å². The molecule has 1 aromatic carbocycles. The minimum Gasteiger partial charge on any atom is -0.319 e. The third-order valence-electron chi connectivity index (χ3n) is 3.54. The van der Waals surface area contributed by atoms with Gasteiger partial charge in [-0.2, -0.15) is 10.1 Å². The molecule has 0 aliphatic carbocycles. The largest absolute Gasteiger partial charge is 0.319 e. The van der Waals surface area contributed by atoms with Crippen molar-refractivity contribution in [2.24, 2.45) is 12.0 Å². The Labute approximate surface area is 132 Å². The van der Waals surface area contributed by atoms with Gasteiger partial charge in [0.15, 0.2) is 4.80 Å². The number of benzene rings is 1. The van der Waals surface area contributed by atoms with Gasteiger partial charge in [0.25, 0.3) is 5.91 Å². The smallest absolute Gasteiger partial charge is 0.297 e. The van der Waals surface area contributed by atoms with E-state index >= 15 is 0 Å². The van der Waals surface area contributed by atoms with Gasteiger partial charge >= 0.3 is 0 Å². The second-order valence-corrected chi connectivity index (χ2v) is 6.60. The van der Waals surface area contributed by atoms with E-state index in [1.165, 1.54) is 16.9 Å². The molecule has 0 radical (unpaired) electrons. The summed E-state index contributed by atoms with van der Waals surface area (Å²) in [4.78, 5) is 17.5. The van der Waals surface area contributed by atoms with E-state index in [1.54, 1.807) is 16.9 Å². The van der Waals surface area contributed by atoms with E-state index in [9.17, 15) is 4.79 Å². The lowest BCUT2D eigenvalue weighted by atomic mass is 10.2. The van der Waals surface area contributed by atoms with Crippen LogP contribution >= 0.6 is 11.3 Å². The van der Waals surface area contributed by atoms with Gasteiger partial charge in [0, 0.05) is 19.3 Å². The molecule has 0 fully saturated rings. The Hall–Kier alpha value is -2.21. The Morgan fingerprint density at radius 3 is 2.82 bits per heavy atom. The Morgan fingerprint density at radius 1 is 1.32 bits per heavy atom. The SMILES string of the molecule is Cc1ccc2c(c1)sc(=NC(=O)c1ccnn1C(C)C)n2C. The molecule has 0 bridgehead atoms. The fourth-order valence-electron chi connectivity index (χ4n) is 2.39. The molecule has 0 N–H and O–H groups in total. The van der Waals surface area contributed by atoms with Crippen molar-refractivity contribution in [1.82, 2.24) is 14.3 Å². The average Bonchev–Trinajstić information content (AvgIpc) is 3.05. The first kappa shape index (κ1) is 14.7. The number of aromatic nitrogens is 3. The highest BCUT2D eigenvalue weighted by Gasteiger charge is 2.14. The van der Waals surface area contributed by atoms with Crippen LogP contribution in [0.1, 0.15) is 35.9 Å². The lowest BCUT2D eigenvalue weighted by molar-refractivity contribution is 0.0986. The summed E-state index contributed by atoms with van der Waals surface area (Å²) >= 11 is 1.52. The topological polar surface area (TPSA) is 52.2 Å². The van der Waals surface area contributed by atoms with Gasteiger partial charge in [-0.1, -0.05) is 17.4 Å². The summed E-state index contributed by atoms with van der Waals surface area (Å²) in [5.74, 6) is -0.259. The van der Waals surface area contributed by atoms with Crippen LogP contribution in [0, 0.1) is 6.92 Å². The van der Waals surface area contributed by atoms with E-state index in [2.05, 4.69) is 35.2 Å². The quantitative estimate of drug-likeness (QED) is 0.730. The van der Waals surface area contributed by atoms with Crippen LogP contribution in [0.4, 0.5) is 0 Å². The molecule has 0 spiro atoms. The van der Waals surface area contributed by atoms with Crippen molar-refractivity contribution >= 4 is 27.5 Å². The fourth-order valence-corrected chi connectivity index (χ4v) is 3.50. The van der Waals surface area contributed by atoms with Crippen molar-refractivity contribution in [3.8, 4) is 0 Å². The first-order valence-corrected chi connectivity index (χ1v) is 7.98. The standard InChI is InChI=1S/C16H18N4OS/c1-10(2)20-13(7-8-17-20)15(21)18-16-19(4)12-6-5-11(3)9-14(12)22-16/h5-10H,1-4H3. The zero-order valence-electron chi connectivity index (χ0n) is 13.1. The highest BCUT2D eigenvalue weighted by molar-refractivity contribution is 7.16. The van der Waals surface area contributed by atoms with Crippen molar-refractivity contribution in [2.45, 2.75) is 26.8 Å². The fraction of sp³-hybridized carbons (Fsp3) is 0.312. The number of aryl methyl sites for hydroxylation is 2. The monoisotopic (exact) mass is 314 g/mol. The molecule has 2 heterocycles. The average molecular weight is 314 g/mol. The van der Waals surface area contributed by atoms with E-state index in [0.717, 1.165) is 10.2 Å². The van der Waals surface area contributed by atoms with E-state index in [-0.39, 0.29) is 11.9 Å². The third-order valence-corrected chi connectivity index (χ3v) is 4.64. The number of amides is 1. The lowest BCUT2D eigenvalue weighted by Gasteiger charge is -2.07. The Morgan fingerprint density at radius 2 is 2.09 bits per heavy atom. The minimum atomic E-state index is -0.259. The first-order chi connectivity index (χ1) is 10.5. The Bertz CT molecular complexity index is 914. The van der Waals surface area contributed by atoms with Gasteiger partial charge in [0.05, 0.1) is 10.2 Å². The molecule has 2 aromatic heterocycles. The van der Waals surface area contributed by atoms with Gasteiger partial charge in [-0.15, -0.1) is 0 Å². The van der Waals surface area contributed by atoms with Crippen molar-refractivity contribution in [3.05, 3.63) is 46.5 Å². The molecular weight excluding hydrogens is 296 g/mol. The summed E-state index contributed by atoms with van der Waals surface area (Å²) in [7, 11) is 1.93. The van der Waals surface area contributed by atoms with Crippen molar-refractivity contribution in [1.29, 1.82) is 0 Å². The van der Waals surface area contributed by atoms with Crippen LogP contribution in [0.15, 0.2) is 35.5 Å². The molecule has 3 rings (SSSR count). The number of thiazole rings is 1. The molecule has 1 amide bonds. The molecule has 0 saturated carbocycles. The molecular formula is C16H18N4OS. The minimum absolute atomic E-state index is 0.128. The van der Waals surface area contributed by atoms with Gasteiger partial charge in [0.2, 0.25) is 0 Å². The van der Waals surface area contributed by atoms with Crippen molar-refractivity contribution < 1.29 is 4.79 Å². The maximum absolute atomic E-state index is 12.5. The highest BCUT2D eigenvalue weighted by Crippen LogP contribution is 2.18. The Balaban J connectivity index is 2.10. The van der Waals surface area contributed by atoms with Gasteiger partial charge in [-0.05, 0) is 44.5 Å². The van der Waals surface area contributed by atoms with E-state index in [1.807, 2.05) is 25.5 Å². The second-order valence-electron chi connectivity index (χ2n) is 5.59. The summed E-state index contributed by atoms with van der Waals surface area (Å²) in [5, 5.41) is 4.19. The molecule has 0 saturated heterocycles. The van der Waals surface area contributed by atoms with Crippen LogP contribution in [-0.4, -0.2) is 20.3 Å². The van der Waals surface area contributed by atoms with Crippen molar-refractivity contribution in [2.75, 3.05) is 0 Å².